The van der Waals surface area contributed by atoms with E-state index in [-0.39, 0.29) is 0 Å². The van der Waals surface area contributed by atoms with Crippen LogP contribution in [-0.4, -0.2) is 12.3 Å². The van der Waals surface area contributed by atoms with E-state index in [1.54, 1.807) is 11.3 Å². The molecule has 0 saturated heterocycles. The molecule has 1 heterocycles. The molecular weight excluding hydrogens is 234 g/mol. The van der Waals surface area contributed by atoms with Crippen LogP contribution >= 0.6 is 23.1 Å². The topological polar surface area (TPSA) is 26.0 Å². The Morgan fingerprint density at radius 1 is 1.56 bits per heavy atom. The van der Waals surface area contributed by atoms with Gasteiger partial charge < -0.3 is 5.73 Å². The predicted molar refractivity (Wildman–Crippen MR) is 75.9 cm³/mol. The first kappa shape index (κ1) is 13.6. The Labute approximate surface area is 107 Å². The van der Waals surface area contributed by atoms with Crippen molar-refractivity contribution in [3.63, 3.8) is 0 Å². The van der Waals surface area contributed by atoms with E-state index >= 15 is 0 Å². The van der Waals surface area contributed by atoms with Crippen molar-refractivity contribution in [2.75, 3.05) is 12.3 Å². The smallest absolute Gasteiger partial charge is 0.0555 e. The highest BCUT2D eigenvalue weighted by Crippen LogP contribution is 2.23. The molecule has 1 aromatic rings. The van der Waals surface area contributed by atoms with Crippen molar-refractivity contribution in [3.8, 4) is 11.8 Å². The SMILES string of the molecule is CCC(C)CSCc1sccc1C#CCN. The molecule has 0 aliphatic carbocycles. The summed E-state index contributed by atoms with van der Waals surface area (Å²) in [6.45, 7) is 4.99. The van der Waals surface area contributed by atoms with E-state index in [0.717, 1.165) is 17.2 Å². The molecule has 1 rings (SSSR count). The van der Waals surface area contributed by atoms with Gasteiger partial charge in [-0.05, 0) is 23.1 Å². The van der Waals surface area contributed by atoms with Crippen LogP contribution in [0.5, 0.6) is 0 Å². The monoisotopic (exact) mass is 253 g/mol. The zero-order valence-corrected chi connectivity index (χ0v) is 11.6. The minimum absolute atomic E-state index is 0.440. The number of hydrogen-bond donors (Lipinski definition) is 1. The Kier molecular flexibility index (Phi) is 6.63. The summed E-state index contributed by atoms with van der Waals surface area (Å²) in [6, 6.07) is 2.09. The number of nitrogens with two attached hydrogens (primary N) is 1. The van der Waals surface area contributed by atoms with Crippen molar-refractivity contribution < 1.29 is 0 Å². The first-order valence-corrected chi connectivity index (χ1v) is 7.64. The average Bonchev–Trinajstić information content (AvgIpc) is 2.73. The van der Waals surface area contributed by atoms with Gasteiger partial charge in [0, 0.05) is 16.2 Å². The van der Waals surface area contributed by atoms with Crippen molar-refractivity contribution in [1.82, 2.24) is 0 Å². The van der Waals surface area contributed by atoms with Gasteiger partial charge in [-0.1, -0.05) is 32.1 Å². The van der Waals surface area contributed by atoms with Gasteiger partial charge in [0.2, 0.25) is 0 Å². The molecular formula is C13H19NS2. The van der Waals surface area contributed by atoms with E-state index in [4.69, 9.17) is 5.73 Å². The van der Waals surface area contributed by atoms with E-state index < -0.39 is 0 Å². The van der Waals surface area contributed by atoms with Crippen LogP contribution < -0.4 is 5.73 Å². The fraction of sp³-hybridized carbons (Fsp3) is 0.538. The van der Waals surface area contributed by atoms with Crippen LogP contribution in [-0.2, 0) is 5.75 Å². The number of rotatable bonds is 5. The second kappa shape index (κ2) is 7.78. The maximum atomic E-state index is 5.38. The first-order valence-electron chi connectivity index (χ1n) is 5.61. The van der Waals surface area contributed by atoms with E-state index in [0.29, 0.717) is 6.54 Å². The standard InChI is InChI=1S/C13H19NS2/c1-3-11(2)9-15-10-13-12(5-4-7-14)6-8-16-13/h6,8,11H,3,7,9-10,14H2,1-2H3. The summed E-state index contributed by atoms with van der Waals surface area (Å²) >= 11 is 3.80. The van der Waals surface area contributed by atoms with Gasteiger partial charge in [-0.3, -0.25) is 0 Å². The van der Waals surface area contributed by atoms with E-state index in [9.17, 15) is 0 Å². The fourth-order valence-electron chi connectivity index (χ4n) is 1.18. The summed E-state index contributed by atoms with van der Waals surface area (Å²) in [6.07, 6.45) is 1.26. The van der Waals surface area contributed by atoms with E-state index in [1.165, 1.54) is 17.1 Å². The van der Waals surface area contributed by atoms with Gasteiger partial charge in [-0.2, -0.15) is 11.8 Å². The molecule has 88 valence electrons. The van der Waals surface area contributed by atoms with Crippen LogP contribution in [0.4, 0.5) is 0 Å². The van der Waals surface area contributed by atoms with Crippen LogP contribution in [0.15, 0.2) is 11.4 Å². The third-order valence-corrected chi connectivity index (χ3v) is 4.80. The summed E-state index contributed by atoms with van der Waals surface area (Å²) in [5.74, 6) is 9.17. The van der Waals surface area contributed by atoms with Gasteiger partial charge in [0.15, 0.2) is 0 Å². The van der Waals surface area contributed by atoms with Gasteiger partial charge in [-0.25, -0.2) is 0 Å². The summed E-state index contributed by atoms with van der Waals surface area (Å²) in [4.78, 5) is 1.38. The van der Waals surface area contributed by atoms with Crippen LogP contribution in [0.3, 0.4) is 0 Å². The molecule has 0 aliphatic rings. The van der Waals surface area contributed by atoms with Gasteiger partial charge in [-0.15, -0.1) is 11.3 Å². The molecule has 0 amide bonds. The summed E-state index contributed by atoms with van der Waals surface area (Å²) < 4.78 is 0. The summed E-state index contributed by atoms with van der Waals surface area (Å²) in [7, 11) is 0. The quantitative estimate of drug-likeness (QED) is 0.815. The normalized spacial score (nSPS) is 11.9. The molecule has 0 bridgehead atoms. The Balaban J connectivity index is 2.44. The largest absolute Gasteiger partial charge is 0.320 e. The molecule has 1 nitrogen and oxygen atoms in total. The Morgan fingerprint density at radius 3 is 3.06 bits per heavy atom. The maximum absolute atomic E-state index is 5.38. The lowest BCUT2D eigenvalue weighted by molar-refractivity contribution is 0.637. The second-order valence-corrected chi connectivity index (χ2v) is 5.82. The molecule has 0 fully saturated rings. The molecule has 2 N–H and O–H groups in total. The summed E-state index contributed by atoms with van der Waals surface area (Å²) in [5.41, 5.74) is 6.54. The highest BCUT2D eigenvalue weighted by molar-refractivity contribution is 7.98. The van der Waals surface area contributed by atoms with E-state index in [1.807, 2.05) is 11.8 Å². The first-order chi connectivity index (χ1) is 7.77. The minimum atomic E-state index is 0.440. The third-order valence-electron chi connectivity index (χ3n) is 2.40. The average molecular weight is 253 g/mol. The van der Waals surface area contributed by atoms with Gasteiger partial charge in [0.1, 0.15) is 0 Å². The lowest BCUT2D eigenvalue weighted by Gasteiger charge is -2.06. The van der Waals surface area contributed by atoms with Crippen molar-refractivity contribution in [2.45, 2.75) is 26.0 Å². The van der Waals surface area contributed by atoms with Crippen molar-refractivity contribution in [2.24, 2.45) is 11.7 Å². The van der Waals surface area contributed by atoms with Crippen molar-refractivity contribution >= 4 is 23.1 Å². The van der Waals surface area contributed by atoms with Crippen LogP contribution in [0.25, 0.3) is 0 Å². The highest BCUT2D eigenvalue weighted by Gasteiger charge is 2.04. The van der Waals surface area contributed by atoms with Crippen LogP contribution in [0.2, 0.25) is 0 Å². The minimum Gasteiger partial charge on any atom is -0.320 e. The molecule has 0 aliphatic heterocycles. The Bertz CT molecular complexity index is 359. The molecule has 1 atom stereocenters. The fourth-order valence-corrected chi connectivity index (χ4v) is 3.41. The molecule has 0 saturated carbocycles. The molecule has 3 heteroatoms. The van der Waals surface area contributed by atoms with Crippen molar-refractivity contribution in [3.05, 3.63) is 21.9 Å². The van der Waals surface area contributed by atoms with Gasteiger partial charge in [0.25, 0.3) is 0 Å². The van der Waals surface area contributed by atoms with Crippen LogP contribution in [0.1, 0.15) is 30.7 Å². The molecule has 0 spiro atoms. The number of hydrogen-bond acceptors (Lipinski definition) is 3. The number of thioether (sulfide) groups is 1. The zero-order valence-electron chi connectivity index (χ0n) is 9.95. The maximum Gasteiger partial charge on any atom is 0.0555 e. The third kappa shape index (κ3) is 4.61. The highest BCUT2D eigenvalue weighted by atomic mass is 32.2. The van der Waals surface area contributed by atoms with Gasteiger partial charge >= 0.3 is 0 Å². The molecule has 16 heavy (non-hydrogen) atoms. The van der Waals surface area contributed by atoms with Crippen molar-refractivity contribution in [1.29, 1.82) is 0 Å². The molecule has 1 unspecified atom stereocenters. The molecule has 0 aromatic carbocycles. The van der Waals surface area contributed by atoms with E-state index in [2.05, 4.69) is 37.1 Å². The lowest BCUT2D eigenvalue weighted by Crippen LogP contribution is -1.96. The Morgan fingerprint density at radius 2 is 2.38 bits per heavy atom. The number of thiophene rings is 1. The zero-order chi connectivity index (χ0) is 11.8. The summed E-state index contributed by atoms with van der Waals surface area (Å²) in [5, 5.41) is 2.11. The lowest BCUT2D eigenvalue weighted by atomic mass is 10.2. The Hall–Kier alpha value is -0.430. The molecule has 0 radical (unpaired) electrons. The van der Waals surface area contributed by atoms with Crippen LogP contribution in [0, 0.1) is 17.8 Å². The van der Waals surface area contributed by atoms with Gasteiger partial charge in [0.05, 0.1) is 6.54 Å². The second-order valence-electron chi connectivity index (χ2n) is 3.79. The molecule has 1 aromatic heterocycles. The predicted octanol–water partition coefficient (Wildman–Crippen LogP) is 3.34.